The third-order valence-corrected chi connectivity index (χ3v) is 2.53. The molecule has 1 nitrogen and oxygen atoms in total. The molecule has 0 amide bonds. The average molecular weight is 205 g/mol. The van der Waals surface area contributed by atoms with E-state index in [1.165, 1.54) is 11.1 Å². The van der Waals surface area contributed by atoms with Crippen molar-refractivity contribution in [3.05, 3.63) is 35.4 Å². The fourth-order valence-electron chi connectivity index (χ4n) is 1.53. The fraction of sp³-hybridized carbons (Fsp3) is 0.571. The van der Waals surface area contributed by atoms with Crippen molar-refractivity contribution >= 4 is 0 Å². The van der Waals surface area contributed by atoms with Gasteiger partial charge in [-0.15, -0.1) is 0 Å². The molecule has 15 heavy (non-hydrogen) atoms. The molecular weight excluding hydrogens is 182 g/mol. The smallest absolute Gasteiger partial charge is 0.0205 e. The van der Waals surface area contributed by atoms with E-state index in [4.69, 9.17) is 0 Å². The van der Waals surface area contributed by atoms with Gasteiger partial charge in [-0.1, -0.05) is 52.0 Å². The number of nitrogens with one attached hydrogen (secondary N) is 1. The van der Waals surface area contributed by atoms with Gasteiger partial charge in [0.25, 0.3) is 0 Å². The summed E-state index contributed by atoms with van der Waals surface area (Å²) >= 11 is 0. The Morgan fingerprint density at radius 2 is 1.60 bits per heavy atom. The highest BCUT2D eigenvalue weighted by Gasteiger charge is 1.99. The van der Waals surface area contributed by atoms with E-state index in [-0.39, 0.29) is 0 Å². The molecule has 0 saturated carbocycles. The van der Waals surface area contributed by atoms with Crippen LogP contribution >= 0.6 is 0 Å². The first-order valence-corrected chi connectivity index (χ1v) is 5.89. The van der Waals surface area contributed by atoms with Crippen molar-refractivity contribution in [2.45, 2.75) is 40.2 Å². The lowest BCUT2D eigenvalue weighted by atomic mass is 10.0. The van der Waals surface area contributed by atoms with Crippen molar-refractivity contribution in [3.8, 4) is 0 Å². The molecule has 0 fully saturated rings. The Morgan fingerprint density at radius 1 is 1.00 bits per heavy atom. The van der Waals surface area contributed by atoms with Crippen LogP contribution in [0, 0.1) is 5.92 Å². The monoisotopic (exact) mass is 205 g/mol. The molecule has 0 spiro atoms. The van der Waals surface area contributed by atoms with Crippen LogP contribution < -0.4 is 5.32 Å². The van der Waals surface area contributed by atoms with Gasteiger partial charge in [0.1, 0.15) is 0 Å². The zero-order chi connectivity index (χ0) is 11.3. The highest BCUT2D eigenvalue weighted by Crippen LogP contribution is 2.14. The second-order valence-electron chi connectivity index (χ2n) is 4.92. The molecule has 0 aliphatic carbocycles. The van der Waals surface area contributed by atoms with Gasteiger partial charge in [-0.2, -0.15) is 0 Å². The molecule has 1 N–H and O–H groups in total. The maximum absolute atomic E-state index is 3.45. The SMILES string of the molecule is CC(C)CNCc1ccc(C(C)C)cc1. The first-order chi connectivity index (χ1) is 7.09. The lowest BCUT2D eigenvalue weighted by Crippen LogP contribution is -2.18. The van der Waals surface area contributed by atoms with Crippen molar-refractivity contribution in [1.29, 1.82) is 0 Å². The zero-order valence-electron chi connectivity index (χ0n) is 10.4. The summed E-state index contributed by atoms with van der Waals surface area (Å²) < 4.78 is 0. The predicted octanol–water partition coefficient (Wildman–Crippen LogP) is 3.56. The van der Waals surface area contributed by atoms with Crippen molar-refractivity contribution in [2.24, 2.45) is 5.92 Å². The van der Waals surface area contributed by atoms with Gasteiger partial charge in [-0.05, 0) is 29.5 Å². The normalized spacial score (nSPS) is 11.3. The summed E-state index contributed by atoms with van der Waals surface area (Å²) in [5, 5.41) is 3.45. The Hall–Kier alpha value is -0.820. The summed E-state index contributed by atoms with van der Waals surface area (Å²) in [7, 11) is 0. The van der Waals surface area contributed by atoms with E-state index in [0.29, 0.717) is 5.92 Å². The van der Waals surface area contributed by atoms with Crippen LogP contribution in [0.15, 0.2) is 24.3 Å². The highest BCUT2D eigenvalue weighted by molar-refractivity contribution is 5.24. The van der Waals surface area contributed by atoms with E-state index >= 15 is 0 Å². The van der Waals surface area contributed by atoms with Crippen molar-refractivity contribution in [1.82, 2.24) is 5.32 Å². The van der Waals surface area contributed by atoms with E-state index in [0.717, 1.165) is 19.0 Å². The van der Waals surface area contributed by atoms with Gasteiger partial charge in [0.15, 0.2) is 0 Å². The summed E-state index contributed by atoms with van der Waals surface area (Å²) in [6.45, 7) is 11.0. The summed E-state index contributed by atoms with van der Waals surface area (Å²) in [6, 6.07) is 8.92. The topological polar surface area (TPSA) is 12.0 Å². The van der Waals surface area contributed by atoms with Crippen molar-refractivity contribution in [2.75, 3.05) is 6.54 Å². The summed E-state index contributed by atoms with van der Waals surface area (Å²) in [6.07, 6.45) is 0. The standard InChI is InChI=1S/C14H23N/c1-11(2)9-15-10-13-5-7-14(8-6-13)12(3)4/h5-8,11-12,15H,9-10H2,1-4H3. The minimum atomic E-state index is 0.627. The summed E-state index contributed by atoms with van der Waals surface area (Å²) in [4.78, 5) is 0. The van der Waals surface area contributed by atoms with Gasteiger partial charge in [0.05, 0.1) is 0 Å². The number of benzene rings is 1. The van der Waals surface area contributed by atoms with Gasteiger partial charge in [0, 0.05) is 6.54 Å². The molecule has 0 radical (unpaired) electrons. The maximum atomic E-state index is 3.45. The fourth-order valence-corrected chi connectivity index (χ4v) is 1.53. The minimum Gasteiger partial charge on any atom is -0.312 e. The second kappa shape index (κ2) is 5.92. The van der Waals surface area contributed by atoms with E-state index in [1.807, 2.05) is 0 Å². The van der Waals surface area contributed by atoms with Gasteiger partial charge >= 0.3 is 0 Å². The van der Waals surface area contributed by atoms with Crippen LogP contribution in [0.5, 0.6) is 0 Å². The molecule has 0 saturated heterocycles. The minimum absolute atomic E-state index is 0.627. The average Bonchev–Trinajstić information content (AvgIpc) is 2.18. The summed E-state index contributed by atoms with van der Waals surface area (Å²) in [5.41, 5.74) is 2.79. The Labute approximate surface area is 93.9 Å². The Balaban J connectivity index is 2.43. The van der Waals surface area contributed by atoms with Crippen LogP contribution in [0.4, 0.5) is 0 Å². The van der Waals surface area contributed by atoms with E-state index in [2.05, 4.69) is 57.3 Å². The highest BCUT2D eigenvalue weighted by atomic mass is 14.8. The second-order valence-corrected chi connectivity index (χ2v) is 4.92. The van der Waals surface area contributed by atoms with Crippen LogP contribution in [-0.4, -0.2) is 6.54 Å². The van der Waals surface area contributed by atoms with Crippen LogP contribution in [0.3, 0.4) is 0 Å². The predicted molar refractivity (Wildman–Crippen MR) is 67.1 cm³/mol. The van der Waals surface area contributed by atoms with Gasteiger partial charge < -0.3 is 5.32 Å². The van der Waals surface area contributed by atoms with Gasteiger partial charge in [-0.3, -0.25) is 0 Å². The molecule has 1 rings (SSSR count). The number of hydrogen-bond donors (Lipinski definition) is 1. The molecule has 1 aromatic carbocycles. The van der Waals surface area contributed by atoms with Crippen LogP contribution in [0.2, 0.25) is 0 Å². The molecule has 0 atom stereocenters. The Bertz CT molecular complexity index is 272. The molecule has 0 aliphatic rings. The molecule has 1 heteroatoms. The zero-order valence-corrected chi connectivity index (χ0v) is 10.4. The third kappa shape index (κ3) is 4.48. The van der Waals surface area contributed by atoms with E-state index in [1.54, 1.807) is 0 Å². The van der Waals surface area contributed by atoms with Crippen LogP contribution in [0.1, 0.15) is 44.7 Å². The molecule has 0 heterocycles. The van der Waals surface area contributed by atoms with Crippen LogP contribution in [0.25, 0.3) is 0 Å². The Morgan fingerprint density at radius 3 is 2.07 bits per heavy atom. The third-order valence-electron chi connectivity index (χ3n) is 2.53. The quantitative estimate of drug-likeness (QED) is 0.775. The molecule has 0 unspecified atom stereocenters. The molecule has 0 bridgehead atoms. The molecule has 0 aliphatic heterocycles. The largest absolute Gasteiger partial charge is 0.312 e. The molecular formula is C14H23N. The number of rotatable bonds is 5. The number of hydrogen-bond acceptors (Lipinski definition) is 1. The van der Waals surface area contributed by atoms with Gasteiger partial charge in [-0.25, -0.2) is 0 Å². The molecule has 1 aromatic rings. The van der Waals surface area contributed by atoms with E-state index < -0.39 is 0 Å². The van der Waals surface area contributed by atoms with Gasteiger partial charge in [0.2, 0.25) is 0 Å². The lowest BCUT2D eigenvalue weighted by molar-refractivity contribution is 0.552. The Kier molecular flexibility index (Phi) is 4.83. The molecule has 84 valence electrons. The first-order valence-electron chi connectivity index (χ1n) is 5.89. The van der Waals surface area contributed by atoms with Crippen molar-refractivity contribution in [3.63, 3.8) is 0 Å². The summed E-state index contributed by atoms with van der Waals surface area (Å²) in [5.74, 6) is 1.35. The lowest BCUT2D eigenvalue weighted by Gasteiger charge is -2.09. The maximum Gasteiger partial charge on any atom is 0.0205 e. The van der Waals surface area contributed by atoms with Crippen molar-refractivity contribution < 1.29 is 0 Å². The molecule has 0 aromatic heterocycles. The first kappa shape index (κ1) is 12.3. The van der Waals surface area contributed by atoms with E-state index in [9.17, 15) is 0 Å². The van der Waals surface area contributed by atoms with Crippen LogP contribution in [-0.2, 0) is 6.54 Å².